The maximum atomic E-state index is 14.1. The summed E-state index contributed by atoms with van der Waals surface area (Å²) in [5, 5.41) is 4.42. The van der Waals surface area contributed by atoms with Crippen LogP contribution < -0.4 is 5.32 Å². The Labute approximate surface area is 131 Å². The molecule has 0 amide bonds. The van der Waals surface area contributed by atoms with E-state index in [4.69, 9.17) is 9.72 Å². The number of pyridine rings is 1. The summed E-state index contributed by atoms with van der Waals surface area (Å²) in [6.45, 7) is 3.17. The van der Waals surface area contributed by atoms with Crippen LogP contribution in [0.1, 0.15) is 29.7 Å². The summed E-state index contributed by atoms with van der Waals surface area (Å²) in [7, 11) is 0. The average molecular weight is 351 g/mol. The lowest BCUT2D eigenvalue weighted by Gasteiger charge is -2.23. The number of fused-ring (bicyclic) bond motifs is 2. The SMILES string of the molecule is Cc1cc(F)c(Br)c2c(NC3CC3)c3c(nc12)CCOC3. The molecule has 2 heterocycles. The first kappa shape index (κ1) is 13.5. The molecule has 2 aromatic rings. The molecule has 0 atom stereocenters. The molecular weight excluding hydrogens is 335 g/mol. The van der Waals surface area contributed by atoms with Crippen LogP contribution in [0.4, 0.5) is 10.1 Å². The number of nitrogens with zero attached hydrogens (tertiary/aromatic N) is 1. The molecule has 1 N–H and O–H groups in total. The summed E-state index contributed by atoms with van der Waals surface area (Å²) < 4.78 is 20.2. The van der Waals surface area contributed by atoms with E-state index >= 15 is 0 Å². The van der Waals surface area contributed by atoms with Gasteiger partial charge in [-0.2, -0.15) is 0 Å². The van der Waals surface area contributed by atoms with Crippen LogP contribution >= 0.6 is 15.9 Å². The van der Waals surface area contributed by atoms with E-state index in [9.17, 15) is 4.39 Å². The van der Waals surface area contributed by atoms with Crippen molar-refractivity contribution in [3.63, 3.8) is 0 Å². The van der Waals surface area contributed by atoms with Gasteiger partial charge in [0.15, 0.2) is 0 Å². The number of nitrogens with one attached hydrogen (secondary N) is 1. The Morgan fingerprint density at radius 2 is 2.24 bits per heavy atom. The molecule has 0 bridgehead atoms. The van der Waals surface area contributed by atoms with Gasteiger partial charge in [-0.3, -0.25) is 4.98 Å². The number of aryl methyl sites for hydroxylation is 1. The van der Waals surface area contributed by atoms with E-state index in [0.29, 0.717) is 23.7 Å². The van der Waals surface area contributed by atoms with Gasteiger partial charge in [-0.15, -0.1) is 0 Å². The van der Waals surface area contributed by atoms with Crippen molar-refractivity contribution in [2.24, 2.45) is 0 Å². The molecule has 110 valence electrons. The van der Waals surface area contributed by atoms with Gasteiger partial charge in [-0.05, 0) is 47.3 Å². The van der Waals surface area contributed by atoms with E-state index in [-0.39, 0.29) is 5.82 Å². The lowest BCUT2D eigenvalue weighted by molar-refractivity contribution is 0.110. The van der Waals surface area contributed by atoms with Gasteiger partial charge >= 0.3 is 0 Å². The normalized spacial score (nSPS) is 17.9. The molecule has 1 aromatic carbocycles. The lowest BCUT2D eigenvalue weighted by Crippen LogP contribution is -2.16. The summed E-state index contributed by atoms with van der Waals surface area (Å²) in [6.07, 6.45) is 3.16. The zero-order valence-electron chi connectivity index (χ0n) is 11.8. The maximum Gasteiger partial charge on any atom is 0.138 e. The Balaban J connectivity index is 2.06. The minimum Gasteiger partial charge on any atom is -0.381 e. The highest BCUT2D eigenvalue weighted by Gasteiger charge is 2.27. The highest BCUT2D eigenvalue weighted by Crippen LogP contribution is 2.40. The van der Waals surface area contributed by atoms with Gasteiger partial charge in [-0.25, -0.2) is 4.39 Å². The van der Waals surface area contributed by atoms with Crippen molar-refractivity contribution in [2.45, 2.75) is 38.8 Å². The van der Waals surface area contributed by atoms with E-state index in [1.165, 1.54) is 12.8 Å². The van der Waals surface area contributed by atoms with Crippen molar-refractivity contribution in [3.05, 3.63) is 33.2 Å². The van der Waals surface area contributed by atoms with Crippen molar-refractivity contribution in [2.75, 3.05) is 11.9 Å². The number of hydrogen-bond donors (Lipinski definition) is 1. The van der Waals surface area contributed by atoms with Gasteiger partial charge < -0.3 is 10.1 Å². The number of benzene rings is 1. The minimum absolute atomic E-state index is 0.239. The molecule has 21 heavy (non-hydrogen) atoms. The molecule has 2 aliphatic rings. The number of hydrogen-bond acceptors (Lipinski definition) is 3. The summed E-state index contributed by atoms with van der Waals surface area (Å²) in [5.74, 6) is -0.239. The van der Waals surface area contributed by atoms with Gasteiger partial charge in [0.05, 0.1) is 34.6 Å². The Morgan fingerprint density at radius 1 is 1.43 bits per heavy atom. The molecule has 1 aliphatic carbocycles. The van der Waals surface area contributed by atoms with Gasteiger partial charge in [0.2, 0.25) is 0 Å². The molecule has 4 rings (SSSR count). The third-order valence-electron chi connectivity index (χ3n) is 4.19. The largest absolute Gasteiger partial charge is 0.381 e. The third kappa shape index (κ3) is 2.23. The highest BCUT2D eigenvalue weighted by molar-refractivity contribution is 9.10. The molecule has 1 fully saturated rings. The van der Waals surface area contributed by atoms with Crippen LogP contribution in [0.2, 0.25) is 0 Å². The number of halogens is 2. The van der Waals surface area contributed by atoms with E-state index in [0.717, 1.165) is 39.8 Å². The van der Waals surface area contributed by atoms with Crippen LogP contribution in [0.5, 0.6) is 0 Å². The Morgan fingerprint density at radius 3 is 3.00 bits per heavy atom. The predicted octanol–water partition coefficient (Wildman–Crippen LogP) is 4.09. The molecule has 5 heteroatoms. The second-order valence-corrected chi connectivity index (χ2v) is 6.64. The van der Waals surface area contributed by atoms with Crippen molar-refractivity contribution < 1.29 is 9.13 Å². The zero-order valence-corrected chi connectivity index (χ0v) is 13.4. The predicted molar refractivity (Wildman–Crippen MR) is 84.1 cm³/mol. The number of ether oxygens (including phenoxy) is 1. The van der Waals surface area contributed by atoms with E-state index < -0.39 is 0 Å². The van der Waals surface area contributed by atoms with Gasteiger partial charge in [0.1, 0.15) is 5.82 Å². The summed E-state index contributed by atoms with van der Waals surface area (Å²) in [4.78, 5) is 4.79. The van der Waals surface area contributed by atoms with E-state index in [1.54, 1.807) is 6.07 Å². The first-order valence-corrected chi connectivity index (χ1v) is 8.09. The Hall–Kier alpha value is -1.20. The summed E-state index contributed by atoms with van der Waals surface area (Å²) >= 11 is 3.41. The van der Waals surface area contributed by atoms with Crippen LogP contribution in [0, 0.1) is 12.7 Å². The number of anilines is 1. The topological polar surface area (TPSA) is 34.2 Å². The van der Waals surface area contributed by atoms with Crippen molar-refractivity contribution in [1.82, 2.24) is 4.98 Å². The fraction of sp³-hybridized carbons (Fsp3) is 0.438. The molecule has 0 spiro atoms. The monoisotopic (exact) mass is 350 g/mol. The fourth-order valence-electron chi connectivity index (χ4n) is 2.91. The molecule has 1 saturated carbocycles. The van der Waals surface area contributed by atoms with Crippen LogP contribution in [0.25, 0.3) is 10.9 Å². The summed E-state index contributed by atoms with van der Waals surface area (Å²) in [6, 6.07) is 2.04. The second kappa shape index (κ2) is 4.92. The molecule has 0 unspecified atom stereocenters. The van der Waals surface area contributed by atoms with Crippen LogP contribution in [-0.4, -0.2) is 17.6 Å². The smallest absolute Gasteiger partial charge is 0.138 e. The third-order valence-corrected chi connectivity index (χ3v) is 4.96. The minimum atomic E-state index is -0.239. The molecule has 3 nitrogen and oxygen atoms in total. The Bertz CT molecular complexity index is 743. The molecule has 0 radical (unpaired) electrons. The fourth-order valence-corrected chi connectivity index (χ4v) is 3.41. The van der Waals surface area contributed by atoms with E-state index in [1.807, 2.05) is 6.92 Å². The lowest BCUT2D eigenvalue weighted by atomic mass is 10.0. The number of rotatable bonds is 2. The van der Waals surface area contributed by atoms with Crippen molar-refractivity contribution in [3.8, 4) is 0 Å². The van der Waals surface area contributed by atoms with Crippen molar-refractivity contribution >= 4 is 32.5 Å². The maximum absolute atomic E-state index is 14.1. The molecule has 1 aromatic heterocycles. The van der Waals surface area contributed by atoms with E-state index in [2.05, 4.69) is 21.2 Å². The first-order valence-electron chi connectivity index (χ1n) is 7.29. The van der Waals surface area contributed by atoms with Crippen LogP contribution in [0.15, 0.2) is 10.5 Å². The van der Waals surface area contributed by atoms with Gasteiger partial charge in [0, 0.05) is 23.4 Å². The second-order valence-electron chi connectivity index (χ2n) is 5.85. The van der Waals surface area contributed by atoms with Gasteiger partial charge in [-0.1, -0.05) is 0 Å². The highest BCUT2D eigenvalue weighted by atomic mass is 79.9. The number of aromatic nitrogens is 1. The molecule has 1 aliphatic heterocycles. The standard InChI is InChI=1S/C16H16BrFN2O/c1-8-6-11(18)14(17)13-15(8)20-12-4-5-21-7-10(12)16(13)19-9-2-3-9/h6,9H,2-5,7H2,1H3,(H,19,20). The average Bonchev–Trinajstić information content (AvgIpc) is 3.28. The van der Waals surface area contributed by atoms with Gasteiger partial charge in [0.25, 0.3) is 0 Å². The van der Waals surface area contributed by atoms with Crippen molar-refractivity contribution in [1.29, 1.82) is 0 Å². The van der Waals surface area contributed by atoms with Crippen LogP contribution in [-0.2, 0) is 17.8 Å². The first-order chi connectivity index (χ1) is 10.1. The Kier molecular flexibility index (Phi) is 3.15. The molecule has 0 saturated heterocycles. The summed E-state index contributed by atoms with van der Waals surface area (Å²) in [5.41, 5.74) is 4.93. The quantitative estimate of drug-likeness (QED) is 0.885. The molecular formula is C16H16BrFN2O. The van der Waals surface area contributed by atoms with Crippen LogP contribution in [0.3, 0.4) is 0 Å². The zero-order chi connectivity index (χ0) is 14.6.